The van der Waals surface area contributed by atoms with Crippen LogP contribution in [0.15, 0.2) is 29.2 Å². The van der Waals surface area contributed by atoms with Crippen molar-refractivity contribution in [2.24, 2.45) is 11.5 Å². The number of rotatable bonds is 5. The smallest absolute Gasteiger partial charge is 0.248 e. The third-order valence-corrected chi connectivity index (χ3v) is 5.58. The van der Waals surface area contributed by atoms with E-state index in [4.69, 9.17) is 11.5 Å². The number of carbonyl (C=O) groups excluding carboxylic acids is 1. The summed E-state index contributed by atoms with van der Waals surface area (Å²) in [6, 6.07) is 5.55. The molecule has 0 bridgehead atoms. The first-order chi connectivity index (χ1) is 10.3. The molecular formula is C15H24ClN3O3S. The lowest BCUT2D eigenvalue weighted by molar-refractivity contribution is 0.1000. The Hall–Kier alpha value is -1.15. The summed E-state index contributed by atoms with van der Waals surface area (Å²) in [6.07, 6.45) is 6.03. The standard InChI is InChI=1S/C15H23N3O3S.ClH/c16-14(19)12-5-7-13(8-6-12)22(20,21)18-11-15(17)9-3-1-2-4-10-15;/h5-8,18H,1-4,9-11,17H2,(H2,16,19);1H. The predicted molar refractivity (Wildman–Crippen MR) is 92.0 cm³/mol. The monoisotopic (exact) mass is 361 g/mol. The van der Waals surface area contributed by atoms with E-state index in [-0.39, 0.29) is 29.4 Å². The summed E-state index contributed by atoms with van der Waals surface area (Å²) < 4.78 is 27.2. The Balaban J connectivity index is 0.00000264. The van der Waals surface area contributed by atoms with Gasteiger partial charge in [-0.1, -0.05) is 25.7 Å². The first kappa shape index (κ1) is 19.9. The van der Waals surface area contributed by atoms with E-state index in [1.54, 1.807) is 0 Å². The Morgan fingerprint density at radius 1 is 1.09 bits per heavy atom. The average molecular weight is 362 g/mol. The molecule has 130 valence electrons. The lowest BCUT2D eigenvalue weighted by Crippen LogP contribution is -2.49. The number of amides is 1. The van der Waals surface area contributed by atoms with Gasteiger partial charge in [0.1, 0.15) is 0 Å². The van der Waals surface area contributed by atoms with Gasteiger partial charge in [-0.15, -0.1) is 12.4 Å². The van der Waals surface area contributed by atoms with E-state index in [1.165, 1.54) is 24.3 Å². The van der Waals surface area contributed by atoms with Gasteiger partial charge in [0.2, 0.25) is 15.9 Å². The molecule has 0 saturated heterocycles. The Bertz CT molecular complexity index is 624. The van der Waals surface area contributed by atoms with E-state index in [0.29, 0.717) is 0 Å². The summed E-state index contributed by atoms with van der Waals surface area (Å²) in [6.45, 7) is 0.229. The lowest BCUT2D eigenvalue weighted by atomic mass is 9.92. The van der Waals surface area contributed by atoms with Crippen LogP contribution in [0, 0.1) is 0 Å². The largest absolute Gasteiger partial charge is 0.366 e. The highest BCUT2D eigenvalue weighted by Crippen LogP contribution is 2.24. The van der Waals surface area contributed by atoms with Crippen molar-refractivity contribution < 1.29 is 13.2 Å². The maximum Gasteiger partial charge on any atom is 0.248 e. The van der Waals surface area contributed by atoms with Crippen LogP contribution < -0.4 is 16.2 Å². The second-order valence-corrected chi connectivity index (χ2v) is 7.76. The van der Waals surface area contributed by atoms with Crippen LogP contribution in [0.1, 0.15) is 48.9 Å². The molecule has 0 heterocycles. The number of halogens is 1. The lowest BCUT2D eigenvalue weighted by Gasteiger charge is -2.28. The van der Waals surface area contributed by atoms with E-state index in [0.717, 1.165) is 38.5 Å². The molecule has 1 aliphatic rings. The minimum Gasteiger partial charge on any atom is -0.366 e. The van der Waals surface area contributed by atoms with Gasteiger partial charge in [-0.25, -0.2) is 13.1 Å². The number of nitrogens with one attached hydrogen (secondary N) is 1. The van der Waals surface area contributed by atoms with Crippen molar-refractivity contribution in [3.63, 3.8) is 0 Å². The summed E-state index contributed by atoms with van der Waals surface area (Å²) in [4.78, 5) is 11.1. The summed E-state index contributed by atoms with van der Waals surface area (Å²) in [5, 5.41) is 0. The fourth-order valence-corrected chi connectivity index (χ4v) is 3.87. The second-order valence-electron chi connectivity index (χ2n) is 5.99. The molecule has 6 nitrogen and oxygen atoms in total. The van der Waals surface area contributed by atoms with Crippen LogP contribution >= 0.6 is 12.4 Å². The van der Waals surface area contributed by atoms with Crippen LogP contribution in [-0.4, -0.2) is 26.4 Å². The zero-order chi connectivity index (χ0) is 16.2. The zero-order valence-corrected chi connectivity index (χ0v) is 14.6. The van der Waals surface area contributed by atoms with Gasteiger partial charge in [0.15, 0.2) is 0 Å². The van der Waals surface area contributed by atoms with Crippen LogP contribution in [0.3, 0.4) is 0 Å². The number of primary amides is 1. The number of hydrogen-bond acceptors (Lipinski definition) is 4. The van der Waals surface area contributed by atoms with Crippen LogP contribution in [0.25, 0.3) is 0 Å². The van der Waals surface area contributed by atoms with E-state index >= 15 is 0 Å². The molecule has 1 fully saturated rings. The number of nitrogens with two attached hydrogens (primary N) is 2. The highest BCUT2D eigenvalue weighted by atomic mass is 35.5. The molecule has 1 aromatic rings. The first-order valence-corrected chi connectivity index (χ1v) is 8.99. The molecule has 1 amide bonds. The summed E-state index contributed by atoms with van der Waals surface area (Å²) in [5.41, 5.74) is 11.3. The maximum absolute atomic E-state index is 12.3. The average Bonchev–Trinajstić information content (AvgIpc) is 2.71. The van der Waals surface area contributed by atoms with Gasteiger partial charge in [-0.05, 0) is 37.1 Å². The maximum atomic E-state index is 12.3. The Kier molecular flexibility index (Phi) is 7.01. The van der Waals surface area contributed by atoms with E-state index in [2.05, 4.69) is 4.72 Å². The second kappa shape index (κ2) is 8.10. The topological polar surface area (TPSA) is 115 Å². The molecule has 5 N–H and O–H groups in total. The Labute approximate surface area is 143 Å². The third-order valence-electron chi connectivity index (χ3n) is 4.16. The Morgan fingerprint density at radius 2 is 1.61 bits per heavy atom. The number of sulfonamides is 1. The van der Waals surface area contributed by atoms with Gasteiger partial charge in [0, 0.05) is 17.6 Å². The van der Waals surface area contributed by atoms with Crippen molar-refractivity contribution in [3.8, 4) is 0 Å². The molecular weight excluding hydrogens is 338 g/mol. The summed E-state index contributed by atoms with van der Waals surface area (Å²) in [5.74, 6) is -0.587. The first-order valence-electron chi connectivity index (χ1n) is 7.51. The number of hydrogen-bond donors (Lipinski definition) is 3. The number of carbonyl (C=O) groups is 1. The molecule has 1 aliphatic carbocycles. The van der Waals surface area contributed by atoms with Gasteiger partial charge >= 0.3 is 0 Å². The number of benzene rings is 1. The minimum absolute atomic E-state index is 0. The minimum atomic E-state index is -3.63. The molecule has 1 saturated carbocycles. The molecule has 0 radical (unpaired) electrons. The predicted octanol–water partition coefficient (Wildman–Crippen LogP) is 1.54. The van der Waals surface area contributed by atoms with Gasteiger partial charge in [0.05, 0.1) is 4.90 Å². The SMILES string of the molecule is Cl.NC(=O)c1ccc(S(=O)(=O)NCC2(N)CCCCCC2)cc1. The van der Waals surface area contributed by atoms with E-state index in [1.807, 2.05) is 0 Å². The molecule has 8 heteroatoms. The molecule has 0 spiro atoms. The van der Waals surface area contributed by atoms with Crippen LogP contribution in [0.2, 0.25) is 0 Å². The molecule has 0 atom stereocenters. The summed E-state index contributed by atoms with van der Waals surface area (Å²) in [7, 11) is -3.63. The third kappa shape index (κ3) is 5.46. The van der Waals surface area contributed by atoms with Crippen molar-refractivity contribution >= 4 is 28.3 Å². The van der Waals surface area contributed by atoms with Crippen molar-refractivity contribution in [1.82, 2.24) is 4.72 Å². The molecule has 2 rings (SSSR count). The highest BCUT2D eigenvalue weighted by molar-refractivity contribution is 7.89. The van der Waals surface area contributed by atoms with Crippen molar-refractivity contribution in [3.05, 3.63) is 29.8 Å². The quantitative estimate of drug-likeness (QED) is 0.690. The zero-order valence-electron chi connectivity index (χ0n) is 13.0. The van der Waals surface area contributed by atoms with Crippen molar-refractivity contribution in [1.29, 1.82) is 0 Å². The van der Waals surface area contributed by atoms with Gasteiger partial charge in [-0.3, -0.25) is 4.79 Å². The highest BCUT2D eigenvalue weighted by Gasteiger charge is 2.28. The van der Waals surface area contributed by atoms with Crippen molar-refractivity contribution in [2.45, 2.75) is 49.0 Å². The van der Waals surface area contributed by atoms with Crippen molar-refractivity contribution in [2.75, 3.05) is 6.54 Å². The molecule has 0 aromatic heterocycles. The van der Waals surface area contributed by atoms with E-state index in [9.17, 15) is 13.2 Å². The van der Waals surface area contributed by atoms with Crippen LogP contribution in [-0.2, 0) is 10.0 Å². The van der Waals surface area contributed by atoms with Gasteiger partial charge < -0.3 is 11.5 Å². The van der Waals surface area contributed by atoms with E-state index < -0.39 is 21.5 Å². The normalized spacial score (nSPS) is 17.8. The molecule has 1 aromatic carbocycles. The van der Waals surface area contributed by atoms with Crippen LogP contribution in [0.4, 0.5) is 0 Å². The molecule has 23 heavy (non-hydrogen) atoms. The molecule has 0 aliphatic heterocycles. The van der Waals surface area contributed by atoms with Gasteiger partial charge in [0.25, 0.3) is 0 Å². The molecule has 0 unspecified atom stereocenters. The van der Waals surface area contributed by atoms with Gasteiger partial charge in [-0.2, -0.15) is 0 Å². The Morgan fingerprint density at radius 3 is 2.09 bits per heavy atom. The fourth-order valence-electron chi connectivity index (χ4n) is 2.73. The van der Waals surface area contributed by atoms with Crippen LogP contribution in [0.5, 0.6) is 0 Å². The fraction of sp³-hybridized carbons (Fsp3) is 0.533. The summed E-state index contributed by atoms with van der Waals surface area (Å²) >= 11 is 0.